The molecule has 2 rings (SSSR count). The molecule has 0 unspecified atom stereocenters. The lowest BCUT2D eigenvalue weighted by Gasteiger charge is -1.95. The van der Waals surface area contributed by atoms with E-state index in [4.69, 9.17) is 10.5 Å². The van der Waals surface area contributed by atoms with Gasteiger partial charge in [0, 0.05) is 0 Å². The van der Waals surface area contributed by atoms with E-state index in [0.717, 1.165) is 11.1 Å². The van der Waals surface area contributed by atoms with Crippen molar-refractivity contribution in [3.63, 3.8) is 0 Å². The van der Waals surface area contributed by atoms with Crippen molar-refractivity contribution in [1.82, 2.24) is 0 Å². The van der Waals surface area contributed by atoms with Crippen molar-refractivity contribution in [2.24, 2.45) is 5.73 Å². The number of carbonyl (C=O) groups excluding carboxylic acids is 1. The molecule has 0 aromatic rings. The van der Waals surface area contributed by atoms with Crippen LogP contribution in [0.1, 0.15) is 0 Å². The van der Waals surface area contributed by atoms with E-state index in [0.29, 0.717) is 5.76 Å². The maximum atomic E-state index is 10.4. The molecule has 2 N–H and O–H groups in total. The van der Waals surface area contributed by atoms with Gasteiger partial charge in [-0.25, -0.2) is 4.79 Å². The lowest BCUT2D eigenvalue weighted by Crippen LogP contribution is -2.11. The van der Waals surface area contributed by atoms with Crippen LogP contribution in [0.15, 0.2) is 47.3 Å². The SMILES string of the molecule is NC(=O)OC1=CC2=CC=CC2=C1. The number of primary amides is 1. The molecule has 0 heterocycles. The molecular weight excluding hydrogens is 154 g/mol. The molecule has 2 aliphatic rings. The Morgan fingerprint density at radius 2 is 2.17 bits per heavy atom. The van der Waals surface area contributed by atoms with Gasteiger partial charge in [0.05, 0.1) is 0 Å². The largest absolute Gasteiger partial charge is 0.410 e. The molecule has 3 nitrogen and oxygen atoms in total. The van der Waals surface area contributed by atoms with E-state index in [1.54, 1.807) is 12.2 Å². The highest BCUT2D eigenvalue weighted by Crippen LogP contribution is 2.28. The fourth-order valence-electron chi connectivity index (χ4n) is 1.23. The van der Waals surface area contributed by atoms with Crippen LogP contribution in [-0.4, -0.2) is 6.09 Å². The molecule has 12 heavy (non-hydrogen) atoms. The molecule has 0 saturated carbocycles. The first-order chi connectivity index (χ1) is 5.75. The fourth-order valence-corrected chi connectivity index (χ4v) is 1.23. The van der Waals surface area contributed by atoms with Crippen molar-refractivity contribution in [2.75, 3.05) is 0 Å². The van der Waals surface area contributed by atoms with Crippen LogP contribution in [0.25, 0.3) is 0 Å². The highest BCUT2D eigenvalue weighted by Gasteiger charge is 2.14. The zero-order valence-corrected chi connectivity index (χ0v) is 6.28. The number of allylic oxidation sites excluding steroid dienone is 7. The van der Waals surface area contributed by atoms with Crippen molar-refractivity contribution in [2.45, 2.75) is 0 Å². The van der Waals surface area contributed by atoms with Gasteiger partial charge in [0.2, 0.25) is 0 Å². The van der Waals surface area contributed by atoms with Gasteiger partial charge >= 0.3 is 6.09 Å². The molecular formula is C9H7NO2. The van der Waals surface area contributed by atoms with Crippen molar-refractivity contribution >= 4 is 6.09 Å². The van der Waals surface area contributed by atoms with Gasteiger partial charge in [-0.1, -0.05) is 18.2 Å². The monoisotopic (exact) mass is 161 g/mol. The summed E-state index contributed by atoms with van der Waals surface area (Å²) in [5.41, 5.74) is 6.98. The van der Waals surface area contributed by atoms with Gasteiger partial charge in [0.25, 0.3) is 0 Å². The number of hydrogen-bond donors (Lipinski definition) is 1. The van der Waals surface area contributed by atoms with Gasteiger partial charge in [0.1, 0.15) is 5.76 Å². The first-order valence-electron chi connectivity index (χ1n) is 3.55. The van der Waals surface area contributed by atoms with Crippen LogP contribution in [0, 0.1) is 0 Å². The van der Waals surface area contributed by atoms with E-state index in [1.807, 2.05) is 18.2 Å². The molecule has 1 amide bonds. The predicted molar refractivity (Wildman–Crippen MR) is 44.1 cm³/mol. The summed E-state index contributed by atoms with van der Waals surface area (Å²) >= 11 is 0. The number of amides is 1. The zero-order valence-electron chi connectivity index (χ0n) is 6.28. The highest BCUT2D eigenvalue weighted by atomic mass is 16.5. The molecule has 0 atom stereocenters. The Morgan fingerprint density at radius 3 is 2.83 bits per heavy atom. The molecule has 0 spiro atoms. The third kappa shape index (κ3) is 1.05. The number of rotatable bonds is 1. The quantitative estimate of drug-likeness (QED) is 0.632. The summed E-state index contributed by atoms with van der Waals surface area (Å²) < 4.78 is 4.70. The highest BCUT2D eigenvalue weighted by molar-refractivity contribution is 5.69. The number of hydrogen-bond acceptors (Lipinski definition) is 2. The maximum absolute atomic E-state index is 10.4. The molecule has 0 fully saturated rings. The van der Waals surface area contributed by atoms with Crippen LogP contribution in [0.4, 0.5) is 4.79 Å². The van der Waals surface area contributed by atoms with Gasteiger partial charge in [-0.2, -0.15) is 0 Å². The molecule has 2 aliphatic carbocycles. The molecule has 0 saturated heterocycles. The summed E-state index contributed by atoms with van der Waals surface area (Å²) in [5.74, 6) is 0.508. The summed E-state index contributed by atoms with van der Waals surface area (Å²) in [6.07, 6.45) is 8.62. The molecule has 0 aliphatic heterocycles. The second-order valence-corrected chi connectivity index (χ2v) is 2.55. The standard InChI is InChI=1S/C9H7NO2/c10-9(11)12-8-4-6-2-1-3-7(6)5-8/h1-5H,(H2,10,11). The van der Waals surface area contributed by atoms with Crippen molar-refractivity contribution in [3.05, 3.63) is 47.3 Å². The number of fused-ring (bicyclic) bond motifs is 1. The van der Waals surface area contributed by atoms with Gasteiger partial charge in [0.15, 0.2) is 0 Å². The van der Waals surface area contributed by atoms with E-state index < -0.39 is 6.09 Å². The Labute approximate surface area is 69.5 Å². The van der Waals surface area contributed by atoms with Crippen LogP contribution in [-0.2, 0) is 4.74 Å². The number of nitrogens with two attached hydrogens (primary N) is 1. The van der Waals surface area contributed by atoms with E-state index >= 15 is 0 Å². The lowest BCUT2D eigenvalue weighted by atomic mass is 10.2. The summed E-state index contributed by atoms with van der Waals surface area (Å²) in [6, 6.07) is 0. The van der Waals surface area contributed by atoms with Crippen LogP contribution in [0.3, 0.4) is 0 Å². The summed E-state index contributed by atoms with van der Waals surface area (Å²) in [6.45, 7) is 0. The first kappa shape index (κ1) is 6.91. The van der Waals surface area contributed by atoms with E-state index in [2.05, 4.69) is 0 Å². The number of carbonyl (C=O) groups is 1. The zero-order chi connectivity index (χ0) is 8.55. The Balaban J connectivity index is 2.19. The van der Waals surface area contributed by atoms with Crippen molar-refractivity contribution in [1.29, 1.82) is 0 Å². The van der Waals surface area contributed by atoms with Crippen LogP contribution < -0.4 is 5.73 Å². The Bertz CT molecular complexity index is 359. The summed E-state index contributed by atoms with van der Waals surface area (Å²) in [5, 5.41) is 0. The summed E-state index contributed by atoms with van der Waals surface area (Å²) in [7, 11) is 0. The Hall–Kier alpha value is -1.77. The second-order valence-electron chi connectivity index (χ2n) is 2.55. The van der Waals surface area contributed by atoms with Crippen LogP contribution >= 0.6 is 0 Å². The van der Waals surface area contributed by atoms with Crippen LogP contribution in [0.5, 0.6) is 0 Å². The van der Waals surface area contributed by atoms with Crippen LogP contribution in [0.2, 0.25) is 0 Å². The molecule has 3 heteroatoms. The number of ether oxygens (including phenoxy) is 1. The Morgan fingerprint density at radius 1 is 1.33 bits per heavy atom. The maximum Gasteiger partial charge on any atom is 0.409 e. The second kappa shape index (κ2) is 2.37. The molecule has 0 aromatic heterocycles. The van der Waals surface area contributed by atoms with E-state index in [1.165, 1.54) is 0 Å². The first-order valence-corrected chi connectivity index (χ1v) is 3.55. The van der Waals surface area contributed by atoms with Crippen molar-refractivity contribution < 1.29 is 9.53 Å². The molecule has 0 aromatic carbocycles. The summed E-state index contributed by atoms with van der Waals surface area (Å²) in [4.78, 5) is 10.4. The predicted octanol–water partition coefficient (Wildman–Crippen LogP) is 1.40. The topological polar surface area (TPSA) is 52.3 Å². The van der Waals surface area contributed by atoms with E-state index in [9.17, 15) is 4.79 Å². The third-order valence-corrected chi connectivity index (χ3v) is 1.70. The smallest absolute Gasteiger partial charge is 0.409 e. The fraction of sp³-hybridized carbons (Fsp3) is 0. The van der Waals surface area contributed by atoms with Gasteiger partial charge in [-0.15, -0.1) is 0 Å². The lowest BCUT2D eigenvalue weighted by molar-refractivity contribution is 0.190. The van der Waals surface area contributed by atoms with E-state index in [-0.39, 0.29) is 0 Å². The normalized spacial score (nSPS) is 18.2. The van der Waals surface area contributed by atoms with Gasteiger partial charge in [-0.05, 0) is 23.3 Å². The average Bonchev–Trinajstić information content (AvgIpc) is 2.43. The average molecular weight is 161 g/mol. The molecule has 0 bridgehead atoms. The molecule has 60 valence electrons. The minimum Gasteiger partial charge on any atom is -0.410 e. The van der Waals surface area contributed by atoms with Crippen molar-refractivity contribution in [3.8, 4) is 0 Å². The third-order valence-electron chi connectivity index (χ3n) is 1.70. The minimum absolute atomic E-state index is 0.508. The Kier molecular flexibility index (Phi) is 1.37. The van der Waals surface area contributed by atoms with Gasteiger partial charge < -0.3 is 10.5 Å². The molecule has 0 radical (unpaired) electrons. The van der Waals surface area contributed by atoms with Gasteiger partial charge in [-0.3, -0.25) is 0 Å². The minimum atomic E-state index is -0.775.